The maximum absolute atomic E-state index is 11.6. The second kappa shape index (κ2) is 4.96. The number of amides is 1. The van der Waals surface area contributed by atoms with Gasteiger partial charge in [0, 0.05) is 19.8 Å². The third-order valence-corrected chi connectivity index (χ3v) is 2.27. The van der Waals surface area contributed by atoms with E-state index in [4.69, 9.17) is 4.74 Å². The first kappa shape index (κ1) is 12.5. The van der Waals surface area contributed by atoms with Crippen LogP contribution in [0, 0.1) is 13.8 Å². The lowest BCUT2D eigenvalue weighted by atomic mass is 10.3. The summed E-state index contributed by atoms with van der Waals surface area (Å²) in [5.41, 5.74) is 1.75. The maximum atomic E-state index is 11.6. The largest absolute Gasteiger partial charge is 0.479 e. The Hall–Kier alpha value is -1.58. The smallest absolute Gasteiger partial charge is 0.262 e. The molecule has 0 saturated carbocycles. The van der Waals surface area contributed by atoms with Gasteiger partial charge in [-0.05, 0) is 32.9 Å². The molecule has 0 aromatic carbocycles. The van der Waals surface area contributed by atoms with Crippen molar-refractivity contribution in [3.8, 4) is 5.75 Å². The van der Waals surface area contributed by atoms with Gasteiger partial charge in [0.25, 0.3) is 5.91 Å². The Balaban J connectivity index is 2.77. The molecule has 1 amide bonds. The van der Waals surface area contributed by atoms with E-state index < -0.39 is 6.10 Å². The summed E-state index contributed by atoms with van der Waals surface area (Å²) in [5, 5.41) is 0. The molecule has 1 rings (SSSR count). The highest BCUT2D eigenvalue weighted by molar-refractivity contribution is 5.80. The van der Waals surface area contributed by atoms with Crippen molar-refractivity contribution in [2.75, 3.05) is 14.1 Å². The molecule has 1 heterocycles. The third-order valence-electron chi connectivity index (χ3n) is 2.27. The molecular weight excluding hydrogens is 204 g/mol. The minimum absolute atomic E-state index is 0.0556. The monoisotopic (exact) mass is 222 g/mol. The van der Waals surface area contributed by atoms with E-state index in [1.54, 1.807) is 21.0 Å². The fourth-order valence-electron chi connectivity index (χ4n) is 1.40. The van der Waals surface area contributed by atoms with Crippen LogP contribution in [-0.2, 0) is 4.79 Å². The molecule has 1 aromatic rings. The maximum Gasteiger partial charge on any atom is 0.262 e. The molecule has 0 spiro atoms. The standard InChI is InChI=1S/C12H18N2O2/c1-8-6-7-11(9(2)13-8)16-10(3)12(15)14(4)5/h6-7,10H,1-5H3. The van der Waals surface area contributed by atoms with E-state index in [2.05, 4.69) is 4.98 Å². The van der Waals surface area contributed by atoms with Gasteiger partial charge in [-0.25, -0.2) is 0 Å². The Labute approximate surface area is 96.2 Å². The van der Waals surface area contributed by atoms with E-state index >= 15 is 0 Å². The Morgan fingerprint density at radius 2 is 2.00 bits per heavy atom. The highest BCUT2D eigenvalue weighted by Crippen LogP contribution is 2.17. The van der Waals surface area contributed by atoms with Crippen LogP contribution in [0.15, 0.2) is 12.1 Å². The predicted molar refractivity (Wildman–Crippen MR) is 62.5 cm³/mol. The SMILES string of the molecule is Cc1ccc(OC(C)C(=O)N(C)C)c(C)n1. The molecule has 0 saturated heterocycles. The van der Waals surface area contributed by atoms with Crippen LogP contribution in [0.2, 0.25) is 0 Å². The van der Waals surface area contributed by atoms with Crippen LogP contribution < -0.4 is 4.74 Å². The minimum atomic E-state index is -0.488. The second-order valence-electron chi connectivity index (χ2n) is 4.03. The topological polar surface area (TPSA) is 42.4 Å². The number of hydrogen-bond donors (Lipinski definition) is 0. The van der Waals surface area contributed by atoms with Crippen LogP contribution in [0.5, 0.6) is 5.75 Å². The van der Waals surface area contributed by atoms with Gasteiger partial charge in [0.15, 0.2) is 6.10 Å². The summed E-state index contributed by atoms with van der Waals surface area (Å²) in [5.74, 6) is 0.605. The van der Waals surface area contributed by atoms with E-state index in [0.717, 1.165) is 11.4 Å². The molecule has 4 nitrogen and oxygen atoms in total. The van der Waals surface area contributed by atoms with Crippen LogP contribution >= 0.6 is 0 Å². The summed E-state index contributed by atoms with van der Waals surface area (Å²) in [4.78, 5) is 17.4. The number of hydrogen-bond acceptors (Lipinski definition) is 3. The van der Waals surface area contributed by atoms with Crippen LogP contribution in [-0.4, -0.2) is 36.0 Å². The third kappa shape index (κ3) is 2.95. The molecule has 1 atom stereocenters. The van der Waals surface area contributed by atoms with Crippen LogP contribution in [0.1, 0.15) is 18.3 Å². The number of aromatic nitrogens is 1. The Kier molecular flexibility index (Phi) is 3.88. The first-order valence-corrected chi connectivity index (χ1v) is 5.24. The summed E-state index contributed by atoms with van der Waals surface area (Å²) >= 11 is 0. The minimum Gasteiger partial charge on any atom is -0.479 e. The average Bonchev–Trinajstić information content (AvgIpc) is 2.20. The molecule has 0 bridgehead atoms. The van der Waals surface area contributed by atoms with Gasteiger partial charge in [-0.1, -0.05) is 0 Å². The fourth-order valence-corrected chi connectivity index (χ4v) is 1.40. The number of likely N-dealkylation sites (N-methyl/N-ethyl adjacent to an activating group) is 1. The van der Waals surface area contributed by atoms with Crippen molar-refractivity contribution < 1.29 is 9.53 Å². The lowest BCUT2D eigenvalue weighted by Crippen LogP contribution is -2.35. The van der Waals surface area contributed by atoms with Crippen molar-refractivity contribution in [1.82, 2.24) is 9.88 Å². The van der Waals surface area contributed by atoms with Crippen molar-refractivity contribution in [2.24, 2.45) is 0 Å². The molecule has 0 N–H and O–H groups in total. The zero-order valence-corrected chi connectivity index (χ0v) is 10.4. The molecule has 0 fully saturated rings. The molecule has 0 aliphatic heterocycles. The van der Waals surface area contributed by atoms with Gasteiger partial charge in [-0.3, -0.25) is 9.78 Å². The second-order valence-corrected chi connectivity index (χ2v) is 4.03. The highest BCUT2D eigenvalue weighted by Gasteiger charge is 2.17. The first-order chi connectivity index (χ1) is 7.41. The summed E-state index contributed by atoms with van der Waals surface area (Å²) < 4.78 is 5.57. The van der Waals surface area contributed by atoms with Gasteiger partial charge in [0.2, 0.25) is 0 Å². The summed E-state index contributed by atoms with van der Waals surface area (Å²) in [6.07, 6.45) is -0.488. The summed E-state index contributed by atoms with van der Waals surface area (Å²) in [6, 6.07) is 3.71. The van der Waals surface area contributed by atoms with Gasteiger partial charge in [-0.2, -0.15) is 0 Å². The number of carbonyl (C=O) groups is 1. The van der Waals surface area contributed by atoms with Crippen LogP contribution in [0.3, 0.4) is 0 Å². The molecule has 0 aliphatic carbocycles. The van der Waals surface area contributed by atoms with Crippen molar-refractivity contribution in [3.05, 3.63) is 23.5 Å². The van der Waals surface area contributed by atoms with E-state index in [1.807, 2.05) is 26.0 Å². The Morgan fingerprint density at radius 1 is 1.38 bits per heavy atom. The number of aryl methyl sites for hydroxylation is 2. The van der Waals surface area contributed by atoms with Gasteiger partial charge in [0.05, 0.1) is 5.69 Å². The van der Waals surface area contributed by atoms with Gasteiger partial charge in [-0.15, -0.1) is 0 Å². The molecule has 0 aliphatic rings. The van der Waals surface area contributed by atoms with Gasteiger partial charge < -0.3 is 9.64 Å². The first-order valence-electron chi connectivity index (χ1n) is 5.24. The molecule has 1 unspecified atom stereocenters. The number of ether oxygens (including phenoxy) is 1. The van der Waals surface area contributed by atoms with Crippen molar-refractivity contribution in [2.45, 2.75) is 26.9 Å². The van der Waals surface area contributed by atoms with Gasteiger partial charge in [0.1, 0.15) is 5.75 Å². The fraction of sp³-hybridized carbons (Fsp3) is 0.500. The molecular formula is C12H18N2O2. The lowest BCUT2D eigenvalue weighted by Gasteiger charge is -2.19. The van der Waals surface area contributed by atoms with Crippen molar-refractivity contribution >= 4 is 5.91 Å². The van der Waals surface area contributed by atoms with E-state index in [-0.39, 0.29) is 5.91 Å². The van der Waals surface area contributed by atoms with Crippen LogP contribution in [0.4, 0.5) is 0 Å². The zero-order valence-electron chi connectivity index (χ0n) is 10.4. The Morgan fingerprint density at radius 3 is 2.50 bits per heavy atom. The van der Waals surface area contributed by atoms with Gasteiger partial charge >= 0.3 is 0 Å². The number of rotatable bonds is 3. The predicted octanol–water partition coefficient (Wildman–Crippen LogP) is 1.55. The number of nitrogens with zero attached hydrogens (tertiary/aromatic N) is 2. The quantitative estimate of drug-likeness (QED) is 0.779. The van der Waals surface area contributed by atoms with E-state index in [0.29, 0.717) is 5.75 Å². The summed E-state index contributed by atoms with van der Waals surface area (Å²) in [6.45, 7) is 5.53. The lowest BCUT2D eigenvalue weighted by molar-refractivity contribution is -0.135. The van der Waals surface area contributed by atoms with E-state index in [9.17, 15) is 4.79 Å². The molecule has 4 heteroatoms. The van der Waals surface area contributed by atoms with Crippen molar-refractivity contribution in [1.29, 1.82) is 0 Å². The normalized spacial score (nSPS) is 12.1. The Bertz CT molecular complexity index is 389. The number of carbonyl (C=O) groups excluding carboxylic acids is 1. The van der Waals surface area contributed by atoms with Crippen LogP contribution in [0.25, 0.3) is 0 Å². The summed E-state index contributed by atoms with van der Waals surface area (Å²) in [7, 11) is 3.42. The molecule has 88 valence electrons. The highest BCUT2D eigenvalue weighted by atomic mass is 16.5. The zero-order chi connectivity index (χ0) is 12.3. The van der Waals surface area contributed by atoms with E-state index in [1.165, 1.54) is 4.90 Å². The average molecular weight is 222 g/mol. The van der Waals surface area contributed by atoms with Crippen molar-refractivity contribution in [3.63, 3.8) is 0 Å². The molecule has 0 radical (unpaired) electrons. The number of pyridine rings is 1. The molecule has 1 aromatic heterocycles. The molecule has 16 heavy (non-hydrogen) atoms.